The summed E-state index contributed by atoms with van der Waals surface area (Å²) in [4.78, 5) is 11.6. The number of amides is 1. The highest BCUT2D eigenvalue weighted by molar-refractivity contribution is 7.99. The molecule has 2 rings (SSSR count). The first-order valence-electron chi connectivity index (χ1n) is 5.95. The minimum Gasteiger partial charge on any atom is -0.467 e. The molecular formula is C12H18N2O2S. The average molecular weight is 254 g/mol. The number of hydrogen-bond acceptors (Lipinski definition) is 4. The Hall–Kier alpha value is -0.940. The third kappa shape index (κ3) is 4.44. The van der Waals surface area contributed by atoms with Gasteiger partial charge in [-0.2, -0.15) is 11.8 Å². The molecule has 4 nitrogen and oxygen atoms in total. The Labute approximate surface area is 106 Å². The van der Waals surface area contributed by atoms with Gasteiger partial charge in [-0.15, -0.1) is 0 Å². The van der Waals surface area contributed by atoms with Gasteiger partial charge in [-0.05, 0) is 30.7 Å². The number of hydrogen-bond donors (Lipinski definition) is 2. The Morgan fingerprint density at radius 3 is 3.24 bits per heavy atom. The van der Waals surface area contributed by atoms with E-state index in [0.717, 1.165) is 11.5 Å². The molecule has 1 aliphatic rings. The number of furan rings is 1. The van der Waals surface area contributed by atoms with Gasteiger partial charge in [0.1, 0.15) is 5.76 Å². The summed E-state index contributed by atoms with van der Waals surface area (Å²) in [6.45, 7) is 0.860. The van der Waals surface area contributed by atoms with Crippen molar-refractivity contribution in [1.82, 2.24) is 10.6 Å². The smallest absolute Gasteiger partial charge is 0.234 e. The highest BCUT2D eigenvalue weighted by Crippen LogP contribution is 2.16. The largest absolute Gasteiger partial charge is 0.467 e. The minimum absolute atomic E-state index is 0.0250. The molecule has 0 bridgehead atoms. The molecule has 0 radical (unpaired) electrons. The summed E-state index contributed by atoms with van der Waals surface area (Å²) in [5, 5.41) is 6.11. The van der Waals surface area contributed by atoms with E-state index in [1.165, 1.54) is 18.6 Å². The van der Waals surface area contributed by atoms with Gasteiger partial charge in [0.2, 0.25) is 5.91 Å². The number of thioether (sulfide) groups is 1. The first-order valence-corrected chi connectivity index (χ1v) is 7.10. The van der Waals surface area contributed by atoms with Crippen LogP contribution in [0.2, 0.25) is 0 Å². The van der Waals surface area contributed by atoms with Crippen LogP contribution in [-0.4, -0.2) is 30.0 Å². The van der Waals surface area contributed by atoms with Crippen LogP contribution in [0.15, 0.2) is 22.8 Å². The van der Waals surface area contributed by atoms with E-state index in [1.807, 2.05) is 23.9 Å². The molecule has 1 aromatic heterocycles. The van der Waals surface area contributed by atoms with Gasteiger partial charge in [0.25, 0.3) is 0 Å². The molecule has 17 heavy (non-hydrogen) atoms. The minimum atomic E-state index is 0.0250. The summed E-state index contributed by atoms with van der Waals surface area (Å²) in [7, 11) is 0. The summed E-state index contributed by atoms with van der Waals surface area (Å²) in [6, 6.07) is 4.16. The van der Waals surface area contributed by atoms with E-state index in [2.05, 4.69) is 10.6 Å². The number of rotatable bonds is 5. The summed E-state index contributed by atoms with van der Waals surface area (Å²) in [5.74, 6) is 3.18. The van der Waals surface area contributed by atoms with E-state index < -0.39 is 0 Å². The topological polar surface area (TPSA) is 54.3 Å². The lowest BCUT2D eigenvalue weighted by atomic mass is 10.2. The van der Waals surface area contributed by atoms with E-state index >= 15 is 0 Å². The molecule has 1 aliphatic heterocycles. The SMILES string of the molecule is O=C(CN[C@@H]1CCCSC1)NCc1ccco1. The van der Waals surface area contributed by atoms with Gasteiger partial charge in [-0.3, -0.25) is 4.79 Å². The van der Waals surface area contributed by atoms with E-state index in [1.54, 1.807) is 6.26 Å². The Morgan fingerprint density at radius 2 is 2.53 bits per heavy atom. The summed E-state index contributed by atoms with van der Waals surface area (Å²) in [6.07, 6.45) is 4.04. The fourth-order valence-corrected chi connectivity index (χ4v) is 2.91. The molecule has 0 spiro atoms. The van der Waals surface area contributed by atoms with Gasteiger partial charge < -0.3 is 15.1 Å². The normalized spacial score (nSPS) is 20.1. The molecule has 2 N–H and O–H groups in total. The average Bonchev–Trinajstić information content (AvgIpc) is 2.88. The fraction of sp³-hybridized carbons (Fsp3) is 0.583. The molecule has 94 valence electrons. The highest BCUT2D eigenvalue weighted by atomic mass is 32.2. The molecule has 1 fully saturated rings. The predicted octanol–water partition coefficient (Wildman–Crippen LogP) is 1.38. The molecule has 0 saturated carbocycles. The van der Waals surface area contributed by atoms with Crippen LogP contribution in [0.1, 0.15) is 18.6 Å². The molecule has 1 atom stereocenters. The summed E-state index contributed by atoms with van der Waals surface area (Å²) in [5.41, 5.74) is 0. The van der Waals surface area contributed by atoms with Crippen LogP contribution in [0.4, 0.5) is 0 Å². The van der Waals surface area contributed by atoms with Crippen LogP contribution in [0, 0.1) is 0 Å². The molecule has 1 amide bonds. The number of nitrogens with one attached hydrogen (secondary N) is 2. The van der Waals surface area contributed by atoms with E-state index in [0.29, 0.717) is 19.1 Å². The van der Waals surface area contributed by atoms with Crippen molar-refractivity contribution in [3.63, 3.8) is 0 Å². The van der Waals surface area contributed by atoms with Crippen molar-refractivity contribution >= 4 is 17.7 Å². The van der Waals surface area contributed by atoms with Crippen LogP contribution >= 0.6 is 11.8 Å². The molecule has 0 aromatic carbocycles. The second kappa shape index (κ2) is 6.71. The lowest BCUT2D eigenvalue weighted by Crippen LogP contribution is -2.41. The second-order valence-corrected chi connectivity index (χ2v) is 5.30. The number of carbonyl (C=O) groups is 1. The Balaban J connectivity index is 1.60. The van der Waals surface area contributed by atoms with E-state index in [4.69, 9.17) is 4.42 Å². The van der Waals surface area contributed by atoms with Crippen LogP contribution in [0.25, 0.3) is 0 Å². The maximum absolute atomic E-state index is 11.6. The van der Waals surface area contributed by atoms with Crippen molar-refractivity contribution in [2.75, 3.05) is 18.1 Å². The van der Waals surface area contributed by atoms with Gasteiger partial charge in [-0.1, -0.05) is 0 Å². The monoisotopic (exact) mass is 254 g/mol. The van der Waals surface area contributed by atoms with Crippen LogP contribution in [-0.2, 0) is 11.3 Å². The number of carbonyl (C=O) groups excluding carboxylic acids is 1. The lowest BCUT2D eigenvalue weighted by Gasteiger charge is -2.22. The first-order chi connectivity index (χ1) is 8.34. The van der Waals surface area contributed by atoms with E-state index in [-0.39, 0.29) is 5.91 Å². The van der Waals surface area contributed by atoms with Crippen molar-refractivity contribution in [2.24, 2.45) is 0 Å². The summed E-state index contributed by atoms with van der Waals surface area (Å²) < 4.78 is 5.14. The predicted molar refractivity (Wildman–Crippen MR) is 68.9 cm³/mol. The van der Waals surface area contributed by atoms with Crippen molar-refractivity contribution in [1.29, 1.82) is 0 Å². The van der Waals surface area contributed by atoms with Crippen LogP contribution in [0.3, 0.4) is 0 Å². The van der Waals surface area contributed by atoms with Crippen molar-refractivity contribution in [3.05, 3.63) is 24.2 Å². The maximum Gasteiger partial charge on any atom is 0.234 e. The molecular weight excluding hydrogens is 236 g/mol. The second-order valence-electron chi connectivity index (χ2n) is 4.15. The molecule has 0 unspecified atom stereocenters. The zero-order chi connectivity index (χ0) is 11.9. The Morgan fingerprint density at radius 1 is 1.59 bits per heavy atom. The van der Waals surface area contributed by atoms with E-state index in [9.17, 15) is 4.79 Å². The summed E-state index contributed by atoms with van der Waals surface area (Å²) >= 11 is 1.96. The Kier molecular flexibility index (Phi) is 4.94. The van der Waals surface area contributed by atoms with Crippen molar-refractivity contribution in [3.8, 4) is 0 Å². The molecule has 1 aromatic rings. The van der Waals surface area contributed by atoms with Crippen molar-refractivity contribution in [2.45, 2.75) is 25.4 Å². The molecule has 5 heteroatoms. The van der Waals surface area contributed by atoms with Gasteiger partial charge >= 0.3 is 0 Å². The van der Waals surface area contributed by atoms with Crippen LogP contribution in [0.5, 0.6) is 0 Å². The Bertz CT molecular complexity index is 334. The maximum atomic E-state index is 11.6. The van der Waals surface area contributed by atoms with Gasteiger partial charge in [0.15, 0.2) is 0 Å². The van der Waals surface area contributed by atoms with Gasteiger partial charge in [0, 0.05) is 11.8 Å². The third-order valence-electron chi connectivity index (χ3n) is 2.75. The van der Waals surface area contributed by atoms with Crippen LogP contribution < -0.4 is 10.6 Å². The van der Waals surface area contributed by atoms with Gasteiger partial charge in [0.05, 0.1) is 19.4 Å². The molecule has 2 heterocycles. The highest BCUT2D eigenvalue weighted by Gasteiger charge is 2.14. The zero-order valence-electron chi connectivity index (χ0n) is 9.78. The lowest BCUT2D eigenvalue weighted by molar-refractivity contribution is -0.120. The van der Waals surface area contributed by atoms with Crippen molar-refractivity contribution < 1.29 is 9.21 Å². The molecule has 1 saturated heterocycles. The standard InChI is InChI=1S/C12H18N2O2S/c15-12(14-7-11-4-1-5-16-11)8-13-10-3-2-6-17-9-10/h1,4-5,10,13H,2-3,6-9H2,(H,14,15)/t10-/m1/s1. The zero-order valence-corrected chi connectivity index (χ0v) is 10.6. The molecule has 0 aliphatic carbocycles. The fourth-order valence-electron chi connectivity index (χ4n) is 1.80. The quantitative estimate of drug-likeness (QED) is 0.833. The third-order valence-corrected chi connectivity index (χ3v) is 3.97. The van der Waals surface area contributed by atoms with Gasteiger partial charge in [-0.25, -0.2) is 0 Å². The first kappa shape index (κ1) is 12.5.